The maximum absolute atomic E-state index is 12.8. The SMILES string of the molecule is Cc1cc(C)cc(C[C@H]2C(=O)N(c3ccc(Cl)cn3)C(=O)[C@H]2C)c1. The lowest BCUT2D eigenvalue weighted by Gasteiger charge is -2.14. The van der Waals surface area contributed by atoms with Crippen LogP contribution in [0.3, 0.4) is 0 Å². The van der Waals surface area contributed by atoms with Crippen molar-refractivity contribution >= 4 is 29.2 Å². The van der Waals surface area contributed by atoms with Crippen molar-refractivity contribution in [3.63, 3.8) is 0 Å². The molecule has 2 amide bonds. The highest BCUT2D eigenvalue weighted by molar-refractivity contribution is 6.30. The molecule has 0 saturated carbocycles. The van der Waals surface area contributed by atoms with Crippen LogP contribution in [-0.2, 0) is 16.0 Å². The predicted octanol–water partition coefficient (Wildman–Crippen LogP) is 3.72. The molecule has 3 rings (SSSR count). The van der Waals surface area contributed by atoms with Gasteiger partial charge in [-0.15, -0.1) is 0 Å². The van der Waals surface area contributed by atoms with Crippen LogP contribution in [0, 0.1) is 25.7 Å². The smallest absolute Gasteiger partial charge is 0.239 e. The Balaban J connectivity index is 1.88. The Bertz CT molecular complexity index is 781. The zero-order chi connectivity index (χ0) is 17.4. The molecule has 1 aromatic heterocycles. The highest BCUT2D eigenvalue weighted by Gasteiger charge is 2.46. The summed E-state index contributed by atoms with van der Waals surface area (Å²) in [7, 11) is 0. The molecule has 1 fully saturated rings. The molecule has 0 bridgehead atoms. The number of halogens is 1. The Kier molecular flexibility index (Phi) is 4.41. The lowest BCUT2D eigenvalue weighted by Crippen LogP contribution is -2.31. The van der Waals surface area contributed by atoms with Gasteiger partial charge in [0.2, 0.25) is 11.8 Å². The number of hydrogen-bond donors (Lipinski definition) is 0. The first-order chi connectivity index (χ1) is 11.4. The van der Waals surface area contributed by atoms with Gasteiger partial charge in [0.1, 0.15) is 5.82 Å². The second-order valence-corrected chi connectivity index (χ2v) is 6.88. The summed E-state index contributed by atoms with van der Waals surface area (Å²) in [4.78, 5) is 30.7. The molecule has 5 heteroatoms. The molecule has 2 heterocycles. The maximum atomic E-state index is 12.8. The maximum Gasteiger partial charge on any atom is 0.239 e. The number of aromatic nitrogens is 1. The van der Waals surface area contributed by atoms with Crippen molar-refractivity contribution < 1.29 is 9.59 Å². The van der Waals surface area contributed by atoms with Crippen molar-refractivity contribution in [2.75, 3.05) is 4.90 Å². The average molecular weight is 343 g/mol. The number of carbonyl (C=O) groups is 2. The molecule has 124 valence electrons. The van der Waals surface area contributed by atoms with Crippen molar-refractivity contribution in [1.29, 1.82) is 0 Å². The summed E-state index contributed by atoms with van der Waals surface area (Å²) in [5.74, 6) is -0.790. The highest BCUT2D eigenvalue weighted by Crippen LogP contribution is 2.32. The van der Waals surface area contributed by atoms with E-state index in [1.807, 2.05) is 20.8 Å². The largest absolute Gasteiger partial charge is 0.274 e. The van der Waals surface area contributed by atoms with Gasteiger partial charge in [-0.2, -0.15) is 0 Å². The second-order valence-electron chi connectivity index (χ2n) is 6.44. The summed E-state index contributed by atoms with van der Waals surface area (Å²) in [5.41, 5.74) is 3.40. The summed E-state index contributed by atoms with van der Waals surface area (Å²) < 4.78 is 0. The van der Waals surface area contributed by atoms with Gasteiger partial charge in [0, 0.05) is 12.1 Å². The molecule has 0 spiro atoms. The minimum atomic E-state index is -0.365. The standard InChI is InChI=1S/C19H19ClN2O2/c1-11-6-12(2)8-14(7-11)9-16-13(3)18(23)22(19(16)24)17-5-4-15(20)10-21-17/h4-8,10,13,16H,9H2,1-3H3/t13-,16+/m0/s1. The minimum Gasteiger partial charge on any atom is -0.274 e. The first-order valence-corrected chi connectivity index (χ1v) is 8.31. The summed E-state index contributed by atoms with van der Waals surface area (Å²) in [6, 6.07) is 9.47. The minimum absolute atomic E-state index is 0.193. The van der Waals surface area contributed by atoms with Crippen LogP contribution in [0.2, 0.25) is 5.02 Å². The van der Waals surface area contributed by atoms with Crippen LogP contribution in [0.25, 0.3) is 0 Å². The monoisotopic (exact) mass is 342 g/mol. The molecular formula is C19H19ClN2O2. The van der Waals surface area contributed by atoms with E-state index in [-0.39, 0.29) is 23.7 Å². The Labute approximate surface area is 146 Å². The predicted molar refractivity (Wildman–Crippen MR) is 94.0 cm³/mol. The van der Waals surface area contributed by atoms with Crippen LogP contribution in [0.15, 0.2) is 36.5 Å². The molecule has 2 aromatic rings. The number of carbonyl (C=O) groups excluding carboxylic acids is 2. The van der Waals surface area contributed by atoms with Crippen molar-refractivity contribution in [3.8, 4) is 0 Å². The fraction of sp³-hybridized carbons (Fsp3) is 0.316. The van der Waals surface area contributed by atoms with Gasteiger partial charge in [-0.05, 0) is 38.0 Å². The van der Waals surface area contributed by atoms with E-state index in [9.17, 15) is 9.59 Å². The van der Waals surface area contributed by atoms with Crippen LogP contribution < -0.4 is 4.90 Å². The van der Waals surface area contributed by atoms with E-state index >= 15 is 0 Å². The van der Waals surface area contributed by atoms with Crippen LogP contribution in [0.4, 0.5) is 5.82 Å². The molecule has 1 aliphatic rings. The summed E-state index contributed by atoms with van der Waals surface area (Å²) in [6.07, 6.45) is 2.00. The number of rotatable bonds is 3. The fourth-order valence-electron chi connectivity index (χ4n) is 3.29. The number of imide groups is 1. The quantitative estimate of drug-likeness (QED) is 0.799. The third kappa shape index (κ3) is 3.06. The van der Waals surface area contributed by atoms with Gasteiger partial charge in [0.05, 0.1) is 10.9 Å². The molecule has 0 N–H and O–H groups in total. The van der Waals surface area contributed by atoms with Crippen molar-refractivity contribution in [3.05, 3.63) is 58.2 Å². The fourth-order valence-corrected chi connectivity index (χ4v) is 3.41. The second kappa shape index (κ2) is 6.36. The van der Waals surface area contributed by atoms with Crippen LogP contribution in [0.5, 0.6) is 0 Å². The Hall–Kier alpha value is -2.20. The number of nitrogens with zero attached hydrogens (tertiary/aromatic N) is 2. The number of aryl methyl sites for hydroxylation is 2. The van der Waals surface area contributed by atoms with Gasteiger partial charge in [-0.25, -0.2) is 9.88 Å². The zero-order valence-electron chi connectivity index (χ0n) is 13.9. The number of hydrogen-bond acceptors (Lipinski definition) is 3. The van der Waals surface area contributed by atoms with Gasteiger partial charge >= 0.3 is 0 Å². The highest BCUT2D eigenvalue weighted by atomic mass is 35.5. The molecule has 0 unspecified atom stereocenters. The van der Waals surface area contributed by atoms with Crippen LogP contribution in [-0.4, -0.2) is 16.8 Å². The van der Waals surface area contributed by atoms with E-state index in [4.69, 9.17) is 11.6 Å². The molecule has 24 heavy (non-hydrogen) atoms. The number of pyridine rings is 1. The van der Waals surface area contributed by atoms with E-state index in [1.165, 1.54) is 11.1 Å². The van der Waals surface area contributed by atoms with E-state index in [1.54, 1.807) is 12.1 Å². The van der Waals surface area contributed by atoms with Crippen LogP contribution >= 0.6 is 11.6 Å². The Morgan fingerprint density at radius 2 is 1.75 bits per heavy atom. The van der Waals surface area contributed by atoms with E-state index in [2.05, 4.69) is 23.2 Å². The molecule has 2 atom stereocenters. The normalized spacial score (nSPS) is 20.8. The summed E-state index contributed by atoms with van der Waals surface area (Å²) in [6.45, 7) is 5.88. The first kappa shape index (κ1) is 16.7. The van der Waals surface area contributed by atoms with E-state index in [0.717, 1.165) is 16.7 Å². The van der Waals surface area contributed by atoms with Gasteiger partial charge in [0.25, 0.3) is 0 Å². The first-order valence-electron chi connectivity index (χ1n) is 7.93. The summed E-state index contributed by atoms with van der Waals surface area (Å²) >= 11 is 5.83. The zero-order valence-corrected chi connectivity index (χ0v) is 14.7. The van der Waals surface area contributed by atoms with Gasteiger partial charge < -0.3 is 0 Å². The molecule has 1 aromatic carbocycles. The Morgan fingerprint density at radius 3 is 2.33 bits per heavy atom. The molecule has 4 nitrogen and oxygen atoms in total. The molecule has 0 aliphatic carbocycles. The topological polar surface area (TPSA) is 50.3 Å². The summed E-state index contributed by atoms with van der Waals surface area (Å²) in [5, 5.41) is 0.470. The lowest BCUT2D eigenvalue weighted by atomic mass is 9.89. The van der Waals surface area contributed by atoms with Crippen LogP contribution in [0.1, 0.15) is 23.6 Å². The molecule has 0 radical (unpaired) electrons. The number of anilines is 1. The average Bonchev–Trinajstić information content (AvgIpc) is 2.71. The van der Waals surface area contributed by atoms with E-state index < -0.39 is 0 Å². The number of amides is 2. The van der Waals surface area contributed by atoms with Gasteiger partial charge in [0.15, 0.2) is 0 Å². The van der Waals surface area contributed by atoms with Crippen molar-refractivity contribution in [2.24, 2.45) is 11.8 Å². The number of benzene rings is 1. The third-order valence-electron chi connectivity index (χ3n) is 4.43. The Morgan fingerprint density at radius 1 is 1.08 bits per heavy atom. The molecular weight excluding hydrogens is 324 g/mol. The van der Waals surface area contributed by atoms with Crippen molar-refractivity contribution in [2.45, 2.75) is 27.2 Å². The van der Waals surface area contributed by atoms with Gasteiger partial charge in [-0.1, -0.05) is 47.9 Å². The molecule has 1 saturated heterocycles. The van der Waals surface area contributed by atoms with E-state index in [0.29, 0.717) is 17.3 Å². The van der Waals surface area contributed by atoms with Gasteiger partial charge in [-0.3, -0.25) is 9.59 Å². The third-order valence-corrected chi connectivity index (χ3v) is 4.65. The molecule has 1 aliphatic heterocycles. The van der Waals surface area contributed by atoms with Crippen molar-refractivity contribution in [1.82, 2.24) is 4.98 Å². The lowest BCUT2D eigenvalue weighted by molar-refractivity contribution is -0.122.